The Balaban J connectivity index is 2.34. The molecule has 0 atom stereocenters. The molecule has 0 bridgehead atoms. The number of nitrogens with zero attached hydrogens (tertiary/aromatic N) is 1. The largest absolute Gasteiger partial charge is 0.478 e. The summed E-state index contributed by atoms with van der Waals surface area (Å²) in [5.41, 5.74) is 1.82. The molecule has 0 unspecified atom stereocenters. The number of benzene rings is 1. The number of hydrogen-bond acceptors (Lipinski definition) is 3. The minimum absolute atomic E-state index is 0.270. The molecular formula is C11H13N3O2. The summed E-state index contributed by atoms with van der Waals surface area (Å²) in [5, 5.41) is 12.0. The molecule has 2 aromatic rings. The lowest BCUT2D eigenvalue weighted by Gasteiger charge is -1.94. The fourth-order valence-electron chi connectivity index (χ4n) is 1.52. The Kier molecular flexibility index (Phi) is 2.87. The third-order valence-corrected chi connectivity index (χ3v) is 2.32. The first-order valence-corrected chi connectivity index (χ1v) is 5.13. The highest BCUT2D eigenvalue weighted by Gasteiger charge is 2.06. The smallest absolute Gasteiger partial charge is 0.335 e. The Labute approximate surface area is 92.5 Å². The standard InChI is InChI=1S/C11H13N3O2/c1-2-12-6-10-13-8-4-3-7(11(15)16)5-9(8)14-10/h3-5,12H,2,6H2,1H3,(H,13,14)(H,15,16). The zero-order valence-corrected chi connectivity index (χ0v) is 8.95. The van der Waals surface area contributed by atoms with Crippen LogP contribution in [0.15, 0.2) is 18.2 Å². The minimum atomic E-state index is -0.926. The molecule has 0 saturated heterocycles. The molecular weight excluding hydrogens is 206 g/mol. The van der Waals surface area contributed by atoms with Gasteiger partial charge >= 0.3 is 5.97 Å². The number of nitrogens with one attached hydrogen (secondary N) is 2. The zero-order valence-electron chi connectivity index (χ0n) is 8.95. The van der Waals surface area contributed by atoms with Gasteiger partial charge in [-0.2, -0.15) is 0 Å². The van der Waals surface area contributed by atoms with Crippen molar-refractivity contribution in [1.82, 2.24) is 15.3 Å². The number of imidazole rings is 1. The van der Waals surface area contributed by atoms with E-state index in [9.17, 15) is 4.79 Å². The number of carbonyl (C=O) groups is 1. The first kappa shape index (κ1) is 10.6. The normalized spacial score (nSPS) is 10.8. The molecule has 0 fully saturated rings. The van der Waals surface area contributed by atoms with Crippen LogP contribution >= 0.6 is 0 Å². The van der Waals surface area contributed by atoms with Crippen LogP contribution in [0.2, 0.25) is 0 Å². The van der Waals surface area contributed by atoms with Gasteiger partial charge in [0.05, 0.1) is 23.1 Å². The third-order valence-electron chi connectivity index (χ3n) is 2.32. The Bertz CT molecular complexity index is 519. The molecule has 5 nitrogen and oxygen atoms in total. The second-order valence-electron chi connectivity index (χ2n) is 3.50. The number of fused-ring (bicyclic) bond motifs is 1. The van der Waals surface area contributed by atoms with Crippen molar-refractivity contribution in [3.8, 4) is 0 Å². The van der Waals surface area contributed by atoms with Crippen LogP contribution in [0.1, 0.15) is 23.1 Å². The zero-order chi connectivity index (χ0) is 11.5. The monoisotopic (exact) mass is 219 g/mol. The predicted octanol–water partition coefficient (Wildman–Crippen LogP) is 1.37. The van der Waals surface area contributed by atoms with E-state index in [1.165, 1.54) is 0 Å². The number of rotatable bonds is 4. The average molecular weight is 219 g/mol. The van der Waals surface area contributed by atoms with E-state index < -0.39 is 5.97 Å². The summed E-state index contributed by atoms with van der Waals surface area (Å²) < 4.78 is 0. The lowest BCUT2D eigenvalue weighted by Crippen LogP contribution is -2.12. The Morgan fingerprint density at radius 1 is 1.56 bits per heavy atom. The number of H-pyrrole nitrogens is 1. The maximum Gasteiger partial charge on any atom is 0.335 e. The molecule has 0 saturated carbocycles. The van der Waals surface area contributed by atoms with Gasteiger partial charge in [0.2, 0.25) is 0 Å². The van der Waals surface area contributed by atoms with E-state index in [-0.39, 0.29) is 5.56 Å². The van der Waals surface area contributed by atoms with Gasteiger partial charge in [0.1, 0.15) is 5.82 Å². The molecule has 0 radical (unpaired) electrons. The summed E-state index contributed by atoms with van der Waals surface area (Å²) in [6.45, 7) is 3.55. The molecule has 0 amide bonds. The molecule has 1 aromatic carbocycles. The third kappa shape index (κ3) is 2.04. The highest BCUT2D eigenvalue weighted by atomic mass is 16.4. The summed E-state index contributed by atoms with van der Waals surface area (Å²) in [5.74, 6) is -0.107. The van der Waals surface area contributed by atoms with Gasteiger partial charge in [0, 0.05) is 0 Å². The molecule has 0 aliphatic rings. The van der Waals surface area contributed by atoms with Crippen LogP contribution in [-0.2, 0) is 6.54 Å². The van der Waals surface area contributed by atoms with Crippen LogP contribution in [0.4, 0.5) is 0 Å². The molecule has 1 heterocycles. The maximum absolute atomic E-state index is 10.8. The van der Waals surface area contributed by atoms with Gasteiger partial charge in [-0.15, -0.1) is 0 Å². The summed E-state index contributed by atoms with van der Waals surface area (Å²) in [6.07, 6.45) is 0. The lowest BCUT2D eigenvalue weighted by atomic mass is 10.2. The van der Waals surface area contributed by atoms with Crippen LogP contribution < -0.4 is 5.32 Å². The summed E-state index contributed by atoms with van der Waals surface area (Å²) in [7, 11) is 0. The van der Waals surface area contributed by atoms with Crippen molar-refractivity contribution < 1.29 is 9.90 Å². The van der Waals surface area contributed by atoms with Gasteiger partial charge in [-0.3, -0.25) is 0 Å². The predicted molar refractivity (Wildman–Crippen MR) is 60.4 cm³/mol. The second-order valence-corrected chi connectivity index (χ2v) is 3.50. The van der Waals surface area contributed by atoms with Gasteiger partial charge in [-0.1, -0.05) is 6.92 Å². The van der Waals surface area contributed by atoms with Crippen molar-refractivity contribution in [3.05, 3.63) is 29.6 Å². The molecule has 5 heteroatoms. The van der Waals surface area contributed by atoms with Crippen LogP contribution in [0.5, 0.6) is 0 Å². The van der Waals surface area contributed by atoms with Crippen LogP contribution in [0, 0.1) is 0 Å². The highest BCUT2D eigenvalue weighted by molar-refractivity contribution is 5.92. The quantitative estimate of drug-likeness (QED) is 0.725. The van der Waals surface area contributed by atoms with Gasteiger partial charge in [-0.25, -0.2) is 9.78 Å². The Morgan fingerprint density at radius 2 is 2.38 bits per heavy atom. The van der Waals surface area contributed by atoms with E-state index in [2.05, 4.69) is 15.3 Å². The van der Waals surface area contributed by atoms with Crippen molar-refractivity contribution in [1.29, 1.82) is 0 Å². The van der Waals surface area contributed by atoms with Crippen LogP contribution in [0.3, 0.4) is 0 Å². The van der Waals surface area contributed by atoms with Crippen molar-refractivity contribution in [2.45, 2.75) is 13.5 Å². The van der Waals surface area contributed by atoms with E-state index in [4.69, 9.17) is 5.11 Å². The van der Waals surface area contributed by atoms with Crippen molar-refractivity contribution in [3.63, 3.8) is 0 Å². The molecule has 0 aliphatic carbocycles. The lowest BCUT2D eigenvalue weighted by molar-refractivity contribution is 0.0697. The van der Waals surface area contributed by atoms with Crippen LogP contribution in [0.25, 0.3) is 11.0 Å². The second kappa shape index (κ2) is 4.32. The fraction of sp³-hybridized carbons (Fsp3) is 0.273. The molecule has 1 aromatic heterocycles. The molecule has 0 aliphatic heterocycles. The Hall–Kier alpha value is -1.88. The molecule has 3 N–H and O–H groups in total. The van der Waals surface area contributed by atoms with Gasteiger partial charge in [-0.05, 0) is 24.7 Å². The fourth-order valence-corrected chi connectivity index (χ4v) is 1.52. The molecule has 2 rings (SSSR count). The number of carboxylic acids is 1. The van der Waals surface area contributed by atoms with Gasteiger partial charge in [0.15, 0.2) is 0 Å². The van der Waals surface area contributed by atoms with E-state index >= 15 is 0 Å². The number of aromatic amines is 1. The molecule has 0 spiro atoms. The summed E-state index contributed by atoms with van der Waals surface area (Å²) in [6, 6.07) is 4.87. The molecule has 16 heavy (non-hydrogen) atoms. The minimum Gasteiger partial charge on any atom is -0.478 e. The van der Waals surface area contributed by atoms with Gasteiger partial charge in [0.25, 0.3) is 0 Å². The first-order chi connectivity index (χ1) is 7.70. The summed E-state index contributed by atoms with van der Waals surface area (Å²) in [4.78, 5) is 18.2. The van der Waals surface area contributed by atoms with Crippen molar-refractivity contribution >= 4 is 17.0 Å². The topological polar surface area (TPSA) is 78.0 Å². The average Bonchev–Trinajstić information content (AvgIpc) is 2.67. The van der Waals surface area contributed by atoms with E-state index in [0.29, 0.717) is 6.54 Å². The number of hydrogen-bond donors (Lipinski definition) is 3. The van der Waals surface area contributed by atoms with E-state index in [1.807, 2.05) is 6.92 Å². The van der Waals surface area contributed by atoms with E-state index in [0.717, 1.165) is 23.4 Å². The SMILES string of the molecule is CCNCc1nc2ccc(C(=O)O)cc2[nH]1. The number of carboxylic acid groups (broad SMARTS) is 1. The maximum atomic E-state index is 10.8. The number of aromatic nitrogens is 2. The summed E-state index contributed by atoms with van der Waals surface area (Å²) >= 11 is 0. The van der Waals surface area contributed by atoms with E-state index in [1.54, 1.807) is 18.2 Å². The highest BCUT2D eigenvalue weighted by Crippen LogP contribution is 2.13. The van der Waals surface area contributed by atoms with Gasteiger partial charge < -0.3 is 15.4 Å². The molecule has 84 valence electrons. The van der Waals surface area contributed by atoms with Crippen molar-refractivity contribution in [2.24, 2.45) is 0 Å². The Morgan fingerprint density at radius 3 is 3.06 bits per heavy atom. The number of aromatic carboxylic acids is 1. The van der Waals surface area contributed by atoms with Crippen LogP contribution in [-0.4, -0.2) is 27.6 Å². The van der Waals surface area contributed by atoms with Crippen molar-refractivity contribution in [2.75, 3.05) is 6.54 Å². The first-order valence-electron chi connectivity index (χ1n) is 5.13.